The molecule has 0 saturated heterocycles. The van der Waals surface area contributed by atoms with Crippen LogP contribution < -0.4 is 16.2 Å². The van der Waals surface area contributed by atoms with E-state index in [4.69, 9.17) is 0 Å². The first-order chi connectivity index (χ1) is 14.7. The number of carbonyl (C=O) groups is 1. The van der Waals surface area contributed by atoms with Crippen molar-refractivity contribution in [3.8, 4) is 11.1 Å². The Morgan fingerprint density at radius 3 is 2.07 bits per heavy atom. The Labute approximate surface area is 174 Å². The van der Waals surface area contributed by atoms with E-state index in [-0.39, 0.29) is 11.2 Å². The fraction of sp³-hybridized carbons (Fsp3) is 0.0400. The van der Waals surface area contributed by atoms with E-state index in [1.807, 2.05) is 84.9 Å². The second-order valence-corrected chi connectivity index (χ2v) is 6.83. The van der Waals surface area contributed by atoms with Gasteiger partial charge in [0.25, 0.3) is 5.56 Å². The number of amides is 2. The third-order valence-electron chi connectivity index (χ3n) is 4.72. The molecular formula is C25H21N3O2. The first kappa shape index (κ1) is 19.2. The van der Waals surface area contributed by atoms with Crippen molar-refractivity contribution in [1.29, 1.82) is 0 Å². The van der Waals surface area contributed by atoms with Crippen molar-refractivity contribution in [2.45, 2.75) is 6.54 Å². The van der Waals surface area contributed by atoms with Crippen LogP contribution in [0.1, 0.15) is 5.56 Å². The second kappa shape index (κ2) is 8.92. The predicted molar refractivity (Wildman–Crippen MR) is 121 cm³/mol. The molecule has 1 aromatic heterocycles. The van der Waals surface area contributed by atoms with Crippen molar-refractivity contribution in [1.82, 2.24) is 4.57 Å². The quantitative estimate of drug-likeness (QED) is 0.487. The highest BCUT2D eigenvalue weighted by Gasteiger charge is 2.11. The number of pyridine rings is 1. The summed E-state index contributed by atoms with van der Waals surface area (Å²) < 4.78 is 1.57. The maximum absolute atomic E-state index is 12.8. The van der Waals surface area contributed by atoms with Crippen LogP contribution in [0, 0.1) is 0 Å². The molecule has 4 aromatic rings. The number of hydrogen-bond donors (Lipinski definition) is 2. The second-order valence-electron chi connectivity index (χ2n) is 6.83. The molecule has 3 aromatic carbocycles. The third kappa shape index (κ3) is 4.47. The number of rotatable bonds is 5. The average Bonchev–Trinajstić information content (AvgIpc) is 2.78. The van der Waals surface area contributed by atoms with Crippen LogP contribution in [0.15, 0.2) is 108 Å². The molecule has 2 N–H and O–H groups in total. The van der Waals surface area contributed by atoms with Gasteiger partial charge in [0.1, 0.15) is 5.69 Å². The zero-order valence-electron chi connectivity index (χ0n) is 16.3. The summed E-state index contributed by atoms with van der Waals surface area (Å²) >= 11 is 0. The Kier molecular flexibility index (Phi) is 5.71. The van der Waals surface area contributed by atoms with Crippen molar-refractivity contribution >= 4 is 17.4 Å². The molecule has 148 valence electrons. The Balaban J connectivity index is 1.52. The van der Waals surface area contributed by atoms with Gasteiger partial charge in [-0.2, -0.15) is 0 Å². The molecule has 5 nitrogen and oxygen atoms in total. The van der Waals surface area contributed by atoms with Gasteiger partial charge >= 0.3 is 6.03 Å². The molecule has 2 amide bonds. The first-order valence-electron chi connectivity index (χ1n) is 9.66. The van der Waals surface area contributed by atoms with Crippen molar-refractivity contribution in [2.75, 3.05) is 10.6 Å². The van der Waals surface area contributed by atoms with Crippen LogP contribution in [0.25, 0.3) is 11.1 Å². The average molecular weight is 395 g/mol. The molecule has 0 radical (unpaired) electrons. The maximum atomic E-state index is 12.8. The van der Waals surface area contributed by atoms with E-state index < -0.39 is 6.03 Å². The fourth-order valence-corrected chi connectivity index (χ4v) is 3.27. The molecule has 0 bridgehead atoms. The molecule has 0 aliphatic heterocycles. The van der Waals surface area contributed by atoms with Crippen LogP contribution in [-0.2, 0) is 6.54 Å². The van der Waals surface area contributed by atoms with Crippen LogP contribution in [0.2, 0.25) is 0 Å². The summed E-state index contributed by atoms with van der Waals surface area (Å²) in [7, 11) is 0. The molecule has 0 unspecified atom stereocenters. The predicted octanol–water partition coefficient (Wildman–Crippen LogP) is 5.21. The number of para-hydroxylation sites is 1. The zero-order chi connectivity index (χ0) is 20.8. The summed E-state index contributed by atoms with van der Waals surface area (Å²) in [5.41, 5.74) is 3.55. The lowest BCUT2D eigenvalue weighted by atomic mass is 10.0. The zero-order valence-corrected chi connectivity index (χ0v) is 16.3. The van der Waals surface area contributed by atoms with Crippen LogP contribution >= 0.6 is 0 Å². The van der Waals surface area contributed by atoms with Gasteiger partial charge < -0.3 is 15.2 Å². The number of anilines is 2. The maximum Gasteiger partial charge on any atom is 0.323 e. The van der Waals surface area contributed by atoms with E-state index in [1.165, 1.54) is 0 Å². The lowest BCUT2D eigenvalue weighted by Gasteiger charge is -2.13. The molecular weight excluding hydrogens is 374 g/mol. The van der Waals surface area contributed by atoms with Gasteiger partial charge in [0, 0.05) is 11.8 Å². The number of urea groups is 1. The summed E-state index contributed by atoms with van der Waals surface area (Å²) in [6.45, 7) is 0.438. The number of nitrogens with zero attached hydrogens (tertiary/aromatic N) is 1. The molecule has 1 heterocycles. The molecule has 0 aliphatic carbocycles. The lowest BCUT2D eigenvalue weighted by Crippen LogP contribution is -2.28. The van der Waals surface area contributed by atoms with Crippen LogP contribution in [0.5, 0.6) is 0 Å². The Hall–Kier alpha value is -4.12. The summed E-state index contributed by atoms with van der Waals surface area (Å²) in [5.74, 6) is 0. The van der Waals surface area contributed by atoms with Gasteiger partial charge in [-0.25, -0.2) is 4.79 Å². The normalized spacial score (nSPS) is 10.4. The van der Waals surface area contributed by atoms with E-state index in [9.17, 15) is 9.59 Å². The van der Waals surface area contributed by atoms with E-state index in [2.05, 4.69) is 10.6 Å². The number of carbonyl (C=O) groups excluding carboxylic acids is 1. The molecule has 30 heavy (non-hydrogen) atoms. The van der Waals surface area contributed by atoms with E-state index in [0.29, 0.717) is 12.2 Å². The summed E-state index contributed by atoms with van der Waals surface area (Å²) in [6.07, 6.45) is 1.71. The molecule has 5 heteroatoms. The van der Waals surface area contributed by atoms with Gasteiger partial charge in [-0.15, -0.1) is 0 Å². The Morgan fingerprint density at radius 2 is 1.30 bits per heavy atom. The summed E-state index contributed by atoms with van der Waals surface area (Å²) in [6, 6.07) is 30.0. The van der Waals surface area contributed by atoms with Gasteiger partial charge in [-0.1, -0.05) is 78.9 Å². The highest BCUT2D eigenvalue weighted by atomic mass is 16.2. The van der Waals surface area contributed by atoms with Crippen LogP contribution in [0.4, 0.5) is 16.2 Å². The van der Waals surface area contributed by atoms with Crippen LogP contribution in [-0.4, -0.2) is 10.6 Å². The van der Waals surface area contributed by atoms with E-state index >= 15 is 0 Å². The number of benzene rings is 3. The molecule has 4 rings (SSSR count). The van der Waals surface area contributed by atoms with Crippen molar-refractivity contribution in [2.24, 2.45) is 0 Å². The molecule has 0 aliphatic rings. The van der Waals surface area contributed by atoms with Gasteiger partial charge in [0.15, 0.2) is 0 Å². The monoisotopic (exact) mass is 395 g/mol. The largest absolute Gasteiger partial charge is 0.323 e. The Bertz CT molecular complexity index is 1200. The van der Waals surface area contributed by atoms with E-state index in [0.717, 1.165) is 16.7 Å². The minimum atomic E-state index is -0.465. The van der Waals surface area contributed by atoms with Gasteiger partial charge in [-0.05, 0) is 29.3 Å². The van der Waals surface area contributed by atoms with Crippen molar-refractivity contribution in [3.63, 3.8) is 0 Å². The third-order valence-corrected chi connectivity index (χ3v) is 4.72. The SMILES string of the molecule is O=C(Nc1ccccc1-c1ccccc1)Nc1cccn(Cc2ccccc2)c1=O. The van der Waals surface area contributed by atoms with Gasteiger partial charge in [0.2, 0.25) is 0 Å². The fourth-order valence-electron chi connectivity index (χ4n) is 3.27. The van der Waals surface area contributed by atoms with Crippen molar-refractivity contribution in [3.05, 3.63) is 119 Å². The topological polar surface area (TPSA) is 63.1 Å². The lowest BCUT2D eigenvalue weighted by molar-refractivity contribution is 0.262. The number of aromatic nitrogens is 1. The number of nitrogens with one attached hydrogen (secondary N) is 2. The van der Waals surface area contributed by atoms with E-state index in [1.54, 1.807) is 22.9 Å². The molecule has 0 atom stereocenters. The van der Waals surface area contributed by atoms with Crippen molar-refractivity contribution < 1.29 is 4.79 Å². The summed E-state index contributed by atoms with van der Waals surface area (Å²) in [5, 5.41) is 5.54. The minimum absolute atomic E-state index is 0.225. The first-order valence-corrected chi connectivity index (χ1v) is 9.66. The van der Waals surface area contributed by atoms with Crippen LogP contribution in [0.3, 0.4) is 0 Å². The minimum Gasteiger partial charge on any atom is -0.309 e. The number of hydrogen-bond acceptors (Lipinski definition) is 2. The Morgan fingerprint density at radius 1 is 0.700 bits per heavy atom. The molecule has 0 spiro atoms. The van der Waals surface area contributed by atoms with Gasteiger partial charge in [-0.3, -0.25) is 4.79 Å². The smallest absolute Gasteiger partial charge is 0.309 e. The molecule has 0 fully saturated rings. The molecule has 0 saturated carbocycles. The van der Waals surface area contributed by atoms with Gasteiger partial charge in [0.05, 0.1) is 12.2 Å². The highest BCUT2D eigenvalue weighted by molar-refractivity contribution is 6.02. The highest BCUT2D eigenvalue weighted by Crippen LogP contribution is 2.27. The standard InChI is InChI=1S/C25H21N3O2/c29-24-23(16-9-17-28(24)18-19-10-3-1-4-11-19)27-25(30)26-22-15-8-7-14-21(22)20-12-5-2-6-13-20/h1-17H,18H2,(H2,26,27,30). The summed E-state index contributed by atoms with van der Waals surface area (Å²) in [4.78, 5) is 25.4.